The molecule has 202 valence electrons. The molecule has 0 heterocycles. The summed E-state index contributed by atoms with van der Waals surface area (Å²) in [6, 6.07) is 32.9. The minimum atomic E-state index is -5.24. The Hall–Kier alpha value is -3.47. The summed E-state index contributed by atoms with van der Waals surface area (Å²) in [5.41, 5.74) is -7.20. The SMILES string of the molecule is CC(C)(C)OC(=O)C(C(O)(c1ccccc1)C(F)(F)F)[P+](c1ccccc1)(c1ccccc1)c1ccccc1. The maximum absolute atomic E-state index is 15.5. The van der Waals surface area contributed by atoms with Gasteiger partial charge >= 0.3 is 12.1 Å². The van der Waals surface area contributed by atoms with Crippen LogP contribution in [0.25, 0.3) is 0 Å². The number of hydrogen-bond acceptors (Lipinski definition) is 3. The third-order valence-electron chi connectivity index (χ3n) is 6.55. The summed E-state index contributed by atoms with van der Waals surface area (Å²) in [7, 11) is -3.63. The molecule has 0 radical (unpaired) electrons. The number of ether oxygens (including phenoxy) is 1. The van der Waals surface area contributed by atoms with Gasteiger partial charge in [0.05, 0.1) is 0 Å². The molecule has 0 bridgehead atoms. The second-order valence-corrected chi connectivity index (χ2v) is 13.8. The summed E-state index contributed by atoms with van der Waals surface area (Å²) in [6.07, 6.45) is -5.24. The molecule has 0 fully saturated rings. The summed E-state index contributed by atoms with van der Waals surface area (Å²) in [5, 5.41) is 13.7. The normalized spacial score (nSPS) is 14.7. The quantitative estimate of drug-likeness (QED) is 0.222. The van der Waals surface area contributed by atoms with Gasteiger partial charge < -0.3 is 9.84 Å². The van der Waals surface area contributed by atoms with Crippen LogP contribution in [-0.4, -0.2) is 28.5 Å². The lowest BCUT2D eigenvalue weighted by molar-refractivity contribution is -0.268. The Morgan fingerprint density at radius 3 is 1.31 bits per heavy atom. The van der Waals surface area contributed by atoms with Crippen molar-refractivity contribution >= 4 is 29.1 Å². The van der Waals surface area contributed by atoms with Gasteiger partial charge in [-0.2, -0.15) is 13.2 Å². The average molecular weight is 552 g/mol. The van der Waals surface area contributed by atoms with E-state index in [1.54, 1.807) is 118 Å². The van der Waals surface area contributed by atoms with E-state index >= 15 is 13.2 Å². The van der Waals surface area contributed by atoms with E-state index in [4.69, 9.17) is 4.74 Å². The lowest BCUT2D eigenvalue weighted by Gasteiger charge is -2.43. The molecule has 7 heteroatoms. The Labute approximate surface area is 227 Å². The molecule has 39 heavy (non-hydrogen) atoms. The van der Waals surface area contributed by atoms with E-state index in [9.17, 15) is 9.90 Å². The topological polar surface area (TPSA) is 46.5 Å². The first-order valence-electron chi connectivity index (χ1n) is 12.6. The second-order valence-electron chi connectivity index (χ2n) is 10.3. The van der Waals surface area contributed by atoms with Crippen LogP contribution in [0.3, 0.4) is 0 Å². The number of rotatable bonds is 7. The molecule has 3 nitrogen and oxygen atoms in total. The molecule has 4 aromatic carbocycles. The highest BCUT2D eigenvalue weighted by Gasteiger charge is 2.74. The minimum Gasteiger partial charge on any atom is -0.457 e. The number of aliphatic hydroxyl groups is 1. The van der Waals surface area contributed by atoms with Gasteiger partial charge in [-0.25, -0.2) is 4.79 Å². The number of carbonyl (C=O) groups excluding carboxylic acids is 1. The molecule has 2 atom stereocenters. The van der Waals surface area contributed by atoms with Crippen LogP contribution in [-0.2, 0) is 15.1 Å². The predicted octanol–water partition coefficient (Wildman–Crippen LogP) is 6.14. The van der Waals surface area contributed by atoms with Gasteiger partial charge in [-0.1, -0.05) is 84.9 Å². The van der Waals surface area contributed by atoms with Gasteiger partial charge in [0.15, 0.2) is 0 Å². The van der Waals surface area contributed by atoms with Gasteiger partial charge in [-0.05, 0) is 62.7 Å². The Kier molecular flexibility index (Phi) is 8.02. The van der Waals surface area contributed by atoms with E-state index in [0.29, 0.717) is 15.9 Å². The molecule has 0 saturated heterocycles. The third-order valence-corrected chi connectivity index (χ3v) is 11.2. The summed E-state index contributed by atoms with van der Waals surface area (Å²) >= 11 is 0. The summed E-state index contributed by atoms with van der Waals surface area (Å²) in [6.45, 7) is 4.81. The number of benzene rings is 4. The molecule has 0 amide bonds. The summed E-state index contributed by atoms with van der Waals surface area (Å²) < 4.78 is 52.2. The number of halogens is 3. The fourth-order valence-corrected chi connectivity index (χ4v) is 9.96. The van der Waals surface area contributed by atoms with Crippen LogP contribution in [0.4, 0.5) is 13.2 Å². The molecule has 0 aliphatic rings. The molecule has 4 aromatic rings. The van der Waals surface area contributed by atoms with Crippen LogP contribution >= 0.6 is 7.26 Å². The van der Waals surface area contributed by atoms with Gasteiger partial charge in [0, 0.05) is 0 Å². The van der Waals surface area contributed by atoms with Crippen molar-refractivity contribution in [2.24, 2.45) is 0 Å². The Balaban J connectivity index is 2.25. The lowest BCUT2D eigenvalue weighted by atomic mass is 9.89. The van der Waals surface area contributed by atoms with Crippen LogP contribution in [0, 0.1) is 0 Å². The fourth-order valence-electron chi connectivity index (χ4n) is 5.02. The fraction of sp³-hybridized carbons (Fsp3) is 0.219. The van der Waals surface area contributed by atoms with Crippen molar-refractivity contribution in [2.45, 2.75) is 43.8 Å². The number of alkyl halides is 3. The van der Waals surface area contributed by atoms with Crippen molar-refractivity contribution in [3.63, 3.8) is 0 Å². The molecule has 0 aliphatic heterocycles. The standard InChI is InChI=1S/C32H31F3O3P/c1-30(2,3)38-29(36)28(31(37,32(33,34)35)24-16-8-4-9-17-24)39(25-18-10-5-11-19-25,26-20-12-6-13-21-26)27-22-14-7-15-23-27/h4-23,28,37H,1-3H3/q+1. The number of carbonyl (C=O) groups is 1. The van der Waals surface area contributed by atoms with Crippen molar-refractivity contribution < 1.29 is 27.8 Å². The molecule has 0 spiro atoms. The van der Waals surface area contributed by atoms with E-state index in [0.717, 1.165) is 0 Å². The molecular weight excluding hydrogens is 520 g/mol. The highest BCUT2D eigenvalue weighted by Crippen LogP contribution is 2.67. The van der Waals surface area contributed by atoms with Gasteiger partial charge in [-0.3, -0.25) is 0 Å². The van der Waals surface area contributed by atoms with E-state index in [2.05, 4.69) is 0 Å². The highest BCUT2D eigenvalue weighted by atomic mass is 31.2. The van der Waals surface area contributed by atoms with E-state index in [1.807, 2.05) is 0 Å². The average Bonchev–Trinajstić information content (AvgIpc) is 2.91. The molecule has 0 aromatic heterocycles. The Morgan fingerprint density at radius 2 is 1.00 bits per heavy atom. The second kappa shape index (κ2) is 11.0. The van der Waals surface area contributed by atoms with Crippen molar-refractivity contribution in [3.8, 4) is 0 Å². The van der Waals surface area contributed by atoms with Gasteiger partial charge in [0.2, 0.25) is 11.3 Å². The van der Waals surface area contributed by atoms with Crippen molar-refractivity contribution in [1.82, 2.24) is 0 Å². The molecule has 1 N–H and O–H groups in total. The Bertz CT molecular complexity index is 1280. The van der Waals surface area contributed by atoms with Crippen LogP contribution in [0.1, 0.15) is 26.3 Å². The first kappa shape index (κ1) is 28.5. The first-order chi connectivity index (χ1) is 18.4. The molecule has 4 rings (SSSR count). The van der Waals surface area contributed by atoms with Crippen LogP contribution < -0.4 is 15.9 Å². The molecular formula is C32H31F3O3P+. The molecule has 0 saturated carbocycles. The zero-order valence-corrected chi connectivity index (χ0v) is 22.9. The van der Waals surface area contributed by atoms with Crippen LogP contribution in [0.2, 0.25) is 0 Å². The maximum Gasteiger partial charge on any atom is 0.426 e. The molecule has 0 aliphatic carbocycles. The monoisotopic (exact) mass is 551 g/mol. The lowest BCUT2D eigenvalue weighted by Crippen LogP contribution is -2.60. The molecule has 2 unspecified atom stereocenters. The highest BCUT2D eigenvalue weighted by molar-refractivity contribution is 7.97. The van der Waals surface area contributed by atoms with Crippen LogP contribution in [0.15, 0.2) is 121 Å². The van der Waals surface area contributed by atoms with Gasteiger partial charge in [-0.15, -0.1) is 0 Å². The minimum absolute atomic E-state index is 0.430. The summed E-state index contributed by atoms with van der Waals surface area (Å²) in [4.78, 5) is 14.3. The smallest absolute Gasteiger partial charge is 0.426 e. The van der Waals surface area contributed by atoms with Crippen LogP contribution in [0.5, 0.6) is 0 Å². The van der Waals surface area contributed by atoms with Crippen molar-refractivity contribution in [1.29, 1.82) is 0 Å². The van der Waals surface area contributed by atoms with Gasteiger partial charge in [0.25, 0.3) is 0 Å². The van der Waals surface area contributed by atoms with E-state index in [1.165, 1.54) is 24.3 Å². The van der Waals surface area contributed by atoms with Crippen molar-refractivity contribution in [2.75, 3.05) is 0 Å². The number of esters is 1. The predicted molar refractivity (Wildman–Crippen MR) is 151 cm³/mol. The zero-order valence-electron chi connectivity index (χ0n) is 22.0. The van der Waals surface area contributed by atoms with Gasteiger partial charge in [0.1, 0.15) is 28.8 Å². The van der Waals surface area contributed by atoms with E-state index in [-0.39, 0.29) is 0 Å². The summed E-state index contributed by atoms with van der Waals surface area (Å²) in [5.74, 6) is -1.13. The largest absolute Gasteiger partial charge is 0.457 e. The first-order valence-corrected chi connectivity index (χ1v) is 14.4. The Morgan fingerprint density at radius 1 is 0.667 bits per heavy atom. The van der Waals surface area contributed by atoms with Crippen molar-refractivity contribution in [3.05, 3.63) is 127 Å². The zero-order chi connectivity index (χ0) is 28.3. The number of hydrogen-bond donors (Lipinski definition) is 1. The van der Waals surface area contributed by atoms with E-state index < -0.39 is 41.8 Å². The third kappa shape index (κ3) is 5.36. The maximum atomic E-state index is 15.5.